The molecule has 1 heterocycles. The molecule has 0 bridgehead atoms. The van der Waals surface area contributed by atoms with Gasteiger partial charge in [-0.1, -0.05) is 6.07 Å². The van der Waals surface area contributed by atoms with Crippen molar-refractivity contribution in [3.05, 3.63) is 48.0 Å². The molecule has 3 rings (SSSR count). The highest BCUT2D eigenvalue weighted by atomic mass is 16.5. The van der Waals surface area contributed by atoms with Gasteiger partial charge in [0.25, 0.3) is 0 Å². The van der Waals surface area contributed by atoms with Crippen LogP contribution in [-0.2, 0) is 0 Å². The second kappa shape index (κ2) is 4.59. The third-order valence-corrected chi connectivity index (χ3v) is 3.12. The van der Waals surface area contributed by atoms with Crippen LogP contribution in [0.2, 0.25) is 0 Å². The molecule has 0 saturated carbocycles. The molecule has 2 aromatic carbocycles. The second-order valence-corrected chi connectivity index (χ2v) is 4.32. The van der Waals surface area contributed by atoms with Crippen LogP contribution < -0.4 is 10.5 Å². The molecular weight excluding hydrogens is 252 g/mol. The average Bonchev–Trinajstić information content (AvgIpc) is 2.82. The van der Waals surface area contributed by atoms with Gasteiger partial charge in [0.2, 0.25) is 5.95 Å². The SMILES string of the molecule is COc1ccc2c(c1)nc(N)n2-c1cccc(C#N)c1. The Morgan fingerprint density at radius 1 is 1.25 bits per heavy atom. The Morgan fingerprint density at radius 2 is 2.10 bits per heavy atom. The summed E-state index contributed by atoms with van der Waals surface area (Å²) < 4.78 is 7.00. The van der Waals surface area contributed by atoms with Crippen molar-refractivity contribution in [1.29, 1.82) is 5.26 Å². The van der Waals surface area contributed by atoms with Crippen molar-refractivity contribution in [2.75, 3.05) is 12.8 Å². The summed E-state index contributed by atoms with van der Waals surface area (Å²) in [6.45, 7) is 0. The summed E-state index contributed by atoms with van der Waals surface area (Å²) in [5, 5.41) is 8.99. The van der Waals surface area contributed by atoms with Crippen LogP contribution >= 0.6 is 0 Å². The van der Waals surface area contributed by atoms with Gasteiger partial charge < -0.3 is 10.5 Å². The number of hydrogen-bond donors (Lipinski definition) is 1. The maximum absolute atomic E-state index is 8.99. The van der Waals surface area contributed by atoms with Gasteiger partial charge in [-0.05, 0) is 30.3 Å². The summed E-state index contributed by atoms with van der Waals surface area (Å²) in [7, 11) is 1.61. The van der Waals surface area contributed by atoms with Crippen molar-refractivity contribution in [2.45, 2.75) is 0 Å². The van der Waals surface area contributed by atoms with Crippen LogP contribution in [0.3, 0.4) is 0 Å². The first-order chi connectivity index (χ1) is 9.72. The molecule has 0 aliphatic rings. The fourth-order valence-electron chi connectivity index (χ4n) is 2.19. The van der Waals surface area contributed by atoms with E-state index in [0.29, 0.717) is 11.5 Å². The molecule has 3 aromatic rings. The summed E-state index contributed by atoms with van der Waals surface area (Å²) in [5.74, 6) is 1.11. The van der Waals surface area contributed by atoms with E-state index >= 15 is 0 Å². The van der Waals surface area contributed by atoms with Gasteiger partial charge in [0, 0.05) is 6.07 Å². The van der Waals surface area contributed by atoms with Gasteiger partial charge in [0.05, 0.1) is 35.5 Å². The predicted octanol–water partition coefficient (Wildman–Crippen LogP) is 2.49. The number of nitrogens with zero attached hydrogens (tertiary/aromatic N) is 3. The molecule has 2 N–H and O–H groups in total. The first-order valence-electron chi connectivity index (χ1n) is 6.05. The van der Waals surface area contributed by atoms with Crippen molar-refractivity contribution in [1.82, 2.24) is 9.55 Å². The normalized spacial score (nSPS) is 10.4. The number of methoxy groups -OCH3 is 1. The third-order valence-electron chi connectivity index (χ3n) is 3.12. The fourth-order valence-corrected chi connectivity index (χ4v) is 2.19. The van der Waals surface area contributed by atoms with Gasteiger partial charge in [0.1, 0.15) is 5.75 Å². The van der Waals surface area contributed by atoms with Crippen LogP contribution in [-0.4, -0.2) is 16.7 Å². The van der Waals surface area contributed by atoms with Gasteiger partial charge in [0.15, 0.2) is 0 Å². The average molecular weight is 264 g/mol. The molecule has 1 aromatic heterocycles. The van der Waals surface area contributed by atoms with Gasteiger partial charge in [-0.3, -0.25) is 4.57 Å². The van der Waals surface area contributed by atoms with Crippen molar-refractivity contribution < 1.29 is 4.74 Å². The molecule has 20 heavy (non-hydrogen) atoms. The van der Waals surface area contributed by atoms with Gasteiger partial charge >= 0.3 is 0 Å². The van der Waals surface area contributed by atoms with E-state index in [2.05, 4.69) is 11.1 Å². The zero-order valence-electron chi connectivity index (χ0n) is 10.9. The monoisotopic (exact) mass is 264 g/mol. The second-order valence-electron chi connectivity index (χ2n) is 4.32. The van der Waals surface area contributed by atoms with Crippen LogP contribution in [0.1, 0.15) is 5.56 Å². The number of ether oxygens (including phenoxy) is 1. The van der Waals surface area contributed by atoms with Crippen LogP contribution in [0.15, 0.2) is 42.5 Å². The van der Waals surface area contributed by atoms with Gasteiger partial charge in [-0.25, -0.2) is 4.98 Å². The first-order valence-corrected chi connectivity index (χ1v) is 6.05. The van der Waals surface area contributed by atoms with E-state index in [-0.39, 0.29) is 0 Å². The molecule has 0 unspecified atom stereocenters. The van der Waals surface area contributed by atoms with E-state index in [1.165, 1.54) is 0 Å². The van der Waals surface area contributed by atoms with Crippen molar-refractivity contribution in [3.8, 4) is 17.5 Å². The molecule has 0 saturated heterocycles. The first kappa shape index (κ1) is 12.1. The summed E-state index contributed by atoms with van der Waals surface area (Å²) in [6, 6.07) is 14.9. The van der Waals surface area contributed by atoms with Gasteiger partial charge in [-0.15, -0.1) is 0 Å². The highest BCUT2D eigenvalue weighted by Crippen LogP contribution is 2.26. The Hall–Kier alpha value is -3.00. The Balaban J connectivity index is 2.25. The van der Waals surface area contributed by atoms with E-state index in [1.807, 2.05) is 34.9 Å². The number of nitrogen functional groups attached to an aromatic ring is 1. The number of rotatable bonds is 2. The maximum atomic E-state index is 8.99. The number of nitriles is 1. The number of fused-ring (bicyclic) bond motifs is 1. The predicted molar refractivity (Wildman–Crippen MR) is 76.7 cm³/mol. The van der Waals surface area contributed by atoms with E-state index in [1.54, 1.807) is 19.2 Å². The zero-order valence-corrected chi connectivity index (χ0v) is 10.9. The molecule has 5 nitrogen and oxygen atoms in total. The lowest BCUT2D eigenvalue weighted by atomic mass is 10.2. The summed E-state index contributed by atoms with van der Waals surface area (Å²) in [6.07, 6.45) is 0. The topological polar surface area (TPSA) is 76.9 Å². The van der Waals surface area contributed by atoms with Crippen molar-refractivity contribution in [3.63, 3.8) is 0 Å². The lowest BCUT2D eigenvalue weighted by Gasteiger charge is -2.07. The van der Waals surface area contributed by atoms with Crippen molar-refractivity contribution in [2.24, 2.45) is 0 Å². The molecule has 98 valence electrons. The van der Waals surface area contributed by atoms with Crippen molar-refractivity contribution >= 4 is 17.0 Å². The smallest absolute Gasteiger partial charge is 0.205 e. The minimum absolute atomic E-state index is 0.378. The highest BCUT2D eigenvalue weighted by molar-refractivity contribution is 5.82. The molecule has 0 atom stereocenters. The minimum atomic E-state index is 0.378. The molecule has 5 heteroatoms. The lowest BCUT2D eigenvalue weighted by Crippen LogP contribution is -2.00. The molecule has 0 aliphatic heterocycles. The minimum Gasteiger partial charge on any atom is -0.497 e. The molecule has 0 spiro atoms. The van der Waals surface area contributed by atoms with Crippen LogP contribution in [0.4, 0.5) is 5.95 Å². The Kier molecular flexibility index (Phi) is 2.77. The summed E-state index contributed by atoms with van der Waals surface area (Å²) in [4.78, 5) is 4.33. The summed E-state index contributed by atoms with van der Waals surface area (Å²) >= 11 is 0. The molecule has 0 radical (unpaired) electrons. The number of anilines is 1. The standard InChI is InChI=1S/C15H12N4O/c1-20-12-5-6-14-13(8-12)18-15(17)19(14)11-4-2-3-10(7-11)9-16/h2-8H,1H3,(H2,17,18). The Bertz CT molecular complexity index is 829. The third kappa shape index (κ3) is 1.84. The fraction of sp³-hybridized carbons (Fsp3) is 0.0667. The van der Waals surface area contributed by atoms with Gasteiger partial charge in [-0.2, -0.15) is 5.26 Å². The molecule has 0 amide bonds. The van der Waals surface area contributed by atoms with E-state index in [9.17, 15) is 0 Å². The van der Waals surface area contributed by atoms with Crippen LogP contribution in [0, 0.1) is 11.3 Å². The quantitative estimate of drug-likeness (QED) is 0.771. The maximum Gasteiger partial charge on any atom is 0.205 e. The number of imidazole rings is 1. The molecule has 0 fully saturated rings. The Morgan fingerprint density at radius 3 is 2.85 bits per heavy atom. The number of hydrogen-bond acceptors (Lipinski definition) is 4. The molecular formula is C15H12N4O. The lowest BCUT2D eigenvalue weighted by molar-refractivity contribution is 0.415. The highest BCUT2D eigenvalue weighted by Gasteiger charge is 2.11. The summed E-state index contributed by atoms with van der Waals surface area (Å²) in [5.41, 5.74) is 9.02. The molecule has 0 aliphatic carbocycles. The number of benzene rings is 2. The van der Waals surface area contributed by atoms with Crippen LogP contribution in [0.25, 0.3) is 16.7 Å². The van der Waals surface area contributed by atoms with E-state index < -0.39 is 0 Å². The Labute approximate surface area is 115 Å². The number of aromatic nitrogens is 2. The largest absolute Gasteiger partial charge is 0.497 e. The van der Waals surface area contributed by atoms with E-state index in [4.69, 9.17) is 15.7 Å². The number of nitrogens with two attached hydrogens (primary N) is 1. The van der Waals surface area contributed by atoms with Crippen LogP contribution in [0.5, 0.6) is 5.75 Å². The zero-order chi connectivity index (χ0) is 14.1. The van der Waals surface area contributed by atoms with E-state index in [0.717, 1.165) is 22.5 Å².